The maximum atomic E-state index is 13.1. The average Bonchev–Trinajstić information content (AvgIpc) is 2.67. The Kier molecular flexibility index (Phi) is 6.27. The number of rotatable bonds is 5. The van der Waals surface area contributed by atoms with E-state index in [4.69, 9.17) is 16.3 Å². The fourth-order valence-electron chi connectivity index (χ4n) is 3.24. The Bertz CT molecular complexity index is 1040. The second kappa shape index (κ2) is 8.71. The first kappa shape index (κ1) is 21.6. The summed E-state index contributed by atoms with van der Waals surface area (Å²) in [5.74, 6) is -0.447. The molecule has 1 saturated heterocycles. The zero-order valence-corrected chi connectivity index (χ0v) is 18.0. The lowest BCUT2D eigenvalue weighted by Gasteiger charge is -2.26. The molecule has 1 N–H and O–H groups in total. The van der Waals surface area contributed by atoms with Crippen molar-refractivity contribution in [3.63, 3.8) is 0 Å². The quantitative estimate of drug-likeness (QED) is 0.548. The van der Waals surface area contributed by atoms with Crippen molar-refractivity contribution in [3.8, 4) is 5.75 Å². The molecule has 0 aromatic heterocycles. The van der Waals surface area contributed by atoms with Gasteiger partial charge in [0.25, 0.3) is 11.8 Å². The van der Waals surface area contributed by atoms with Gasteiger partial charge >= 0.3 is 6.03 Å². The van der Waals surface area contributed by atoms with Crippen molar-refractivity contribution in [2.24, 2.45) is 0 Å². The van der Waals surface area contributed by atoms with Gasteiger partial charge in [0.1, 0.15) is 11.3 Å². The van der Waals surface area contributed by atoms with Crippen molar-refractivity contribution in [2.75, 3.05) is 11.5 Å². The van der Waals surface area contributed by atoms with Gasteiger partial charge in [-0.3, -0.25) is 14.9 Å². The molecule has 7 heteroatoms. The molecule has 0 unspecified atom stereocenters. The number of amides is 4. The van der Waals surface area contributed by atoms with Crippen molar-refractivity contribution in [1.29, 1.82) is 0 Å². The van der Waals surface area contributed by atoms with Crippen LogP contribution in [0.1, 0.15) is 43.4 Å². The molecular weight excluding hydrogens is 404 g/mol. The highest BCUT2D eigenvalue weighted by Gasteiger charge is 2.36. The second-order valence-corrected chi connectivity index (χ2v) is 7.71. The van der Waals surface area contributed by atoms with Crippen LogP contribution >= 0.6 is 11.6 Å². The molecule has 30 heavy (non-hydrogen) atoms. The van der Waals surface area contributed by atoms with Crippen molar-refractivity contribution < 1.29 is 19.1 Å². The van der Waals surface area contributed by atoms with Crippen LogP contribution < -0.4 is 15.0 Å². The van der Waals surface area contributed by atoms with Crippen LogP contribution in [0.25, 0.3) is 6.08 Å². The normalized spacial score (nSPS) is 15.7. The van der Waals surface area contributed by atoms with E-state index >= 15 is 0 Å². The number of hydrogen-bond donors (Lipinski definition) is 1. The second-order valence-electron chi connectivity index (χ2n) is 7.27. The molecule has 2 aromatic rings. The number of aryl methyl sites for hydroxylation is 1. The molecule has 1 heterocycles. The van der Waals surface area contributed by atoms with E-state index in [1.165, 1.54) is 6.08 Å². The van der Waals surface area contributed by atoms with E-state index in [9.17, 15) is 14.4 Å². The fraction of sp³-hybridized carbons (Fsp3) is 0.261. The number of anilines is 1. The van der Waals surface area contributed by atoms with Crippen LogP contribution in [0.3, 0.4) is 0 Å². The van der Waals surface area contributed by atoms with Gasteiger partial charge in [0.2, 0.25) is 0 Å². The predicted octanol–water partition coefficient (Wildman–Crippen LogP) is 4.84. The predicted molar refractivity (Wildman–Crippen MR) is 117 cm³/mol. The van der Waals surface area contributed by atoms with Crippen LogP contribution in [-0.2, 0) is 9.59 Å². The molecular formula is C23H23ClN2O4. The van der Waals surface area contributed by atoms with Crippen LogP contribution in [0.15, 0.2) is 42.0 Å². The molecule has 0 bridgehead atoms. The van der Waals surface area contributed by atoms with Crippen molar-refractivity contribution in [2.45, 2.75) is 33.6 Å². The van der Waals surface area contributed by atoms with Crippen molar-refractivity contribution in [1.82, 2.24) is 5.32 Å². The maximum absolute atomic E-state index is 13.1. The summed E-state index contributed by atoms with van der Waals surface area (Å²) in [6.45, 7) is 8.43. The summed E-state index contributed by atoms with van der Waals surface area (Å²) in [6.07, 6.45) is 1.52. The minimum Gasteiger partial charge on any atom is -0.494 e. The van der Waals surface area contributed by atoms with E-state index in [-0.39, 0.29) is 11.5 Å². The molecule has 0 spiro atoms. The Hall–Kier alpha value is -3.12. The van der Waals surface area contributed by atoms with Gasteiger partial charge in [-0.05, 0) is 78.9 Å². The molecule has 1 aliphatic rings. The summed E-state index contributed by atoms with van der Waals surface area (Å²) in [4.78, 5) is 38.8. The molecule has 2 aromatic carbocycles. The maximum Gasteiger partial charge on any atom is 0.335 e. The van der Waals surface area contributed by atoms with Gasteiger partial charge in [-0.25, -0.2) is 9.69 Å². The molecule has 156 valence electrons. The van der Waals surface area contributed by atoms with Gasteiger partial charge in [0.05, 0.1) is 12.3 Å². The zero-order chi connectivity index (χ0) is 22.0. The van der Waals surface area contributed by atoms with Crippen LogP contribution in [0.2, 0.25) is 5.02 Å². The molecule has 1 fully saturated rings. The van der Waals surface area contributed by atoms with Crippen LogP contribution in [0.5, 0.6) is 5.75 Å². The monoisotopic (exact) mass is 426 g/mol. The van der Waals surface area contributed by atoms with Gasteiger partial charge in [0.15, 0.2) is 0 Å². The van der Waals surface area contributed by atoms with Gasteiger partial charge in [-0.15, -0.1) is 0 Å². The van der Waals surface area contributed by atoms with Crippen LogP contribution in [0, 0.1) is 6.92 Å². The number of nitrogens with zero attached hydrogens (tertiary/aromatic N) is 1. The smallest absolute Gasteiger partial charge is 0.335 e. The summed E-state index contributed by atoms with van der Waals surface area (Å²) < 4.78 is 5.73. The molecule has 0 radical (unpaired) electrons. The fourth-order valence-corrected chi connectivity index (χ4v) is 3.37. The van der Waals surface area contributed by atoms with E-state index in [2.05, 4.69) is 5.32 Å². The highest BCUT2D eigenvalue weighted by atomic mass is 35.5. The Morgan fingerprint density at radius 1 is 1.13 bits per heavy atom. The largest absolute Gasteiger partial charge is 0.494 e. The first-order chi connectivity index (χ1) is 14.2. The number of carbonyl (C=O) groups is 3. The average molecular weight is 427 g/mol. The third-order valence-corrected chi connectivity index (χ3v) is 5.06. The number of halogens is 1. The number of urea groups is 1. The lowest BCUT2D eigenvalue weighted by atomic mass is 9.95. The summed E-state index contributed by atoms with van der Waals surface area (Å²) in [7, 11) is 0. The number of imide groups is 2. The highest BCUT2D eigenvalue weighted by Crippen LogP contribution is 2.32. The Morgan fingerprint density at radius 2 is 1.80 bits per heavy atom. The van der Waals surface area contributed by atoms with E-state index in [1.807, 2.05) is 39.8 Å². The number of ether oxygens (including phenoxy) is 1. The van der Waals surface area contributed by atoms with Crippen molar-refractivity contribution >= 4 is 41.2 Å². The van der Waals surface area contributed by atoms with Crippen molar-refractivity contribution in [3.05, 3.63) is 63.7 Å². The zero-order valence-electron chi connectivity index (χ0n) is 17.3. The number of benzene rings is 2. The van der Waals surface area contributed by atoms with Gasteiger partial charge in [-0.2, -0.15) is 0 Å². The number of hydrogen-bond acceptors (Lipinski definition) is 4. The van der Waals surface area contributed by atoms with Gasteiger partial charge < -0.3 is 4.74 Å². The minimum atomic E-state index is -0.796. The van der Waals surface area contributed by atoms with E-state index in [1.54, 1.807) is 24.3 Å². The Balaban J connectivity index is 2.06. The Labute approximate surface area is 180 Å². The van der Waals surface area contributed by atoms with Gasteiger partial charge in [0, 0.05) is 5.02 Å². The number of carbonyl (C=O) groups excluding carboxylic acids is 3. The summed E-state index contributed by atoms with van der Waals surface area (Å²) in [5.41, 5.74) is 2.75. The summed E-state index contributed by atoms with van der Waals surface area (Å²) >= 11 is 5.90. The topological polar surface area (TPSA) is 75.7 Å². The minimum absolute atomic E-state index is 0.119. The van der Waals surface area contributed by atoms with Crippen LogP contribution in [0.4, 0.5) is 10.5 Å². The first-order valence-corrected chi connectivity index (χ1v) is 10.0. The number of barbiturate groups is 1. The van der Waals surface area contributed by atoms with Gasteiger partial charge in [-0.1, -0.05) is 25.4 Å². The first-order valence-electron chi connectivity index (χ1n) is 9.67. The van der Waals surface area contributed by atoms with E-state index in [0.29, 0.717) is 22.9 Å². The lowest BCUT2D eigenvalue weighted by Crippen LogP contribution is -2.54. The third kappa shape index (κ3) is 4.24. The Morgan fingerprint density at radius 3 is 2.40 bits per heavy atom. The summed E-state index contributed by atoms with van der Waals surface area (Å²) in [5, 5.41) is 2.71. The molecule has 0 aliphatic carbocycles. The third-order valence-electron chi connectivity index (χ3n) is 4.81. The molecule has 4 amide bonds. The van der Waals surface area contributed by atoms with E-state index in [0.717, 1.165) is 21.8 Å². The number of nitrogens with one attached hydrogen (secondary N) is 1. The standard InChI is InChI=1S/C23H23ClN2O4/c1-5-30-20-10-14(4)15(11-18(20)13(2)3)12-19-21(27)25-23(29)26(22(19)28)17-8-6-16(24)7-9-17/h6-13H,5H2,1-4H3,(H,25,27,29). The SMILES string of the molecule is CCOc1cc(C)c(C=C2C(=O)NC(=O)N(c3ccc(Cl)cc3)C2=O)cc1C(C)C. The lowest BCUT2D eigenvalue weighted by molar-refractivity contribution is -0.122. The molecule has 3 rings (SSSR count). The molecule has 6 nitrogen and oxygen atoms in total. The van der Waals surface area contributed by atoms with E-state index < -0.39 is 17.8 Å². The highest BCUT2D eigenvalue weighted by molar-refractivity contribution is 6.39. The summed E-state index contributed by atoms with van der Waals surface area (Å²) in [6, 6.07) is 9.26. The molecule has 0 atom stereocenters. The van der Waals surface area contributed by atoms with Crippen LogP contribution in [-0.4, -0.2) is 24.5 Å². The molecule has 1 aliphatic heterocycles. The molecule has 0 saturated carbocycles.